The van der Waals surface area contributed by atoms with Crippen molar-refractivity contribution in [3.05, 3.63) is 0 Å². The van der Waals surface area contributed by atoms with Crippen LogP contribution >= 0.6 is 0 Å². The molecule has 0 aliphatic heterocycles. The van der Waals surface area contributed by atoms with Crippen molar-refractivity contribution in [2.75, 3.05) is 0 Å². The Morgan fingerprint density at radius 2 is 0.857 bits per heavy atom. The summed E-state index contributed by atoms with van der Waals surface area (Å²) < 4.78 is 76.4. The smallest absolute Gasteiger partial charge is 1.00 e. The van der Waals surface area contributed by atoms with Crippen molar-refractivity contribution in [1.82, 2.24) is 0 Å². The standard InChI is InChI=1S/2CHF3.Li.H4N2O2S.H/c2*2-1(3)4;;1-5(2,3)4;/h2*1H;;(H4,1,2,3,4);/q;;+1;;-1. The van der Waals surface area contributed by atoms with Crippen LogP contribution in [0.5, 0.6) is 0 Å². The first-order valence-electron chi connectivity index (χ1n) is 2.11. The zero-order valence-corrected chi connectivity index (χ0v) is 7.62. The minimum Gasteiger partial charge on any atom is -1.00 e. The van der Waals surface area contributed by atoms with Crippen molar-refractivity contribution in [3.8, 4) is 0 Å². The maximum Gasteiger partial charge on any atom is 1.00 e. The molecule has 0 amide bonds. The van der Waals surface area contributed by atoms with E-state index in [9.17, 15) is 34.8 Å². The molecule has 0 bridgehead atoms. The average Bonchev–Trinajstić information content (AvgIpc) is 1.50. The van der Waals surface area contributed by atoms with E-state index in [2.05, 4.69) is 10.3 Å². The van der Waals surface area contributed by atoms with Crippen molar-refractivity contribution in [3.63, 3.8) is 0 Å². The van der Waals surface area contributed by atoms with Gasteiger partial charge in [0.05, 0.1) is 0 Å². The van der Waals surface area contributed by atoms with E-state index < -0.39 is 23.6 Å². The number of halogens is 6. The number of rotatable bonds is 0. The monoisotopic (exact) mass is 244 g/mol. The fourth-order valence-corrected chi connectivity index (χ4v) is 0. The molecule has 0 radical (unpaired) electrons. The molecule has 0 atom stereocenters. The maximum atomic E-state index is 9.67. The molecule has 14 heavy (non-hydrogen) atoms. The van der Waals surface area contributed by atoms with Gasteiger partial charge >= 0.3 is 32.2 Å². The van der Waals surface area contributed by atoms with E-state index in [1.165, 1.54) is 0 Å². The maximum absolute atomic E-state index is 9.67. The zero-order chi connectivity index (χ0) is 11.7. The number of hydrogen-bond donors (Lipinski definition) is 2. The van der Waals surface area contributed by atoms with Crippen LogP contribution in [-0.2, 0) is 10.2 Å². The molecule has 0 saturated heterocycles. The van der Waals surface area contributed by atoms with Gasteiger partial charge in [0.25, 0.3) is 10.2 Å². The van der Waals surface area contributed by atoms with Crippen LogP contribution in [0, 0.1) is 0 Å². The summed E-state index contributed by atoms with van der Waals surface area (Å²) in [6.45, 7) is -7.33. The summed E-state index contributed by atoms with van der Waals surface area (Å²) in [5.41, 5.74) is 0. The SMILES string of the molecule is FC(F)F.FC(F)F.NS(N)(=O)=O.[H-].[Li+]. The third kappa shape index (κ3) is 654000. The van der Waals surface area contributed by atoms with Gasteiger partial charge in [0.15, 0.2) is 0 Å². The minimum atomic E-state index is -3.67. The summed E-state index contributed by atoms with van der Waals surface area (Å²) in [6, 6.07) is 0. The molecule has 0 unspecified atom stereocenters. The van der Waals surface area contributed by atoms with Crippen molar-refractivity contribution >= 4 is 10.2 Å². The predicted octanol–water partition coefficient (Wildman–Crippen LogP) is -2.38. The topological polar surface area (TPSA) is 86.2 Å². The van der Waals surface area contributed by atoms with Crippen molar-refractivity contribution in [1.29, 1.82) is 0 Å². The Labute approximate surface area is 89.5 Å². The van der Waals surface area contributed by atoms with Crippen molar-refractivity contribution in [2.45, 2.75) is 13.4 Å². The van der Waals surface area contributed by atoms with Gasteiger partial charge in [-0.1, -0.05) is 0 Å². The second-order valence-electron chi connectivity index (χ2n) is 1.08. The van der Waals surface area contributed by atoms with Crippen LogP contribution in [0.1, 0.15) is 1.43 Å². The molecule has 0 rings (SSSR count). The third-order valence-corrected chi connectivity index (χ3v) is 0. The third-order valence-electron chi connectivity index (χ3n) is 0. The summed E-state index contributed by atoms with van der Waals surface area (Å²) >= 11 is 0. The molecule has 0 spiro atoms. The van der Waals surface area contributed by atoms with Crippen molar-refractivity contribution in [2.24, 2.45) is 10.3 Å². The second-order valence-corrected chi connectivity index (χ2v) is 2.26. The first kappa shape index (κ1) is 23.7. The van der Waals surface area contributed by atoms with E-state index >= 15 is 0 Å². The van der Waals surface area contributed by atoms with Crippen LogP contribution in [0.4, 0.5) is 26.3 Å². The summed E-state index contributed by atoms with van der Waals surface area (Å²) in [5, 5.41) is 8.21. The van der Waals surface area contributed by atoms with Crippen molar-refractivity contribution < 1.29 is 55.0 Å². The van der Waals surface area contributed by atoms with Gasteiger partial charge in [-0.15, -0.1) is 0 Å². The van der Waals surface area contributed by atoms with E-state index in [0.717, 1.165) is 0 Å². The van der Waals surface area contributed by atoms with Crippen LogP contribution in [0.2, 0.25) is 0 Å². The molecule has 0 aliphatic rings. The molecule has 0 aliphatic carbocycles. The molecular formula is C2H7F6LiN2O2S. The van der Waals surface area contributed by atoms with Gasteiger partial charge in [0.2, 0.25) is 0 Å². The van der Waals surface area contributed by atoms with E-state index in [0.29, 0.717) is 0 Å². The summed E-state index contributed by atoms with van der Waals surface area (Å²) in [6.07, 6.45) is 0. The summed E-state index contributed by atoms with van der Waals surface area (Å²) in [5.74, 6) is 0. The molecular weight excluding hydrogens is 237 g/mol. The largest absolute Gasteiger partial charge is 1.00 e. The predicted molar refractivity (Wildman–Crippen MR) is 32.6 cm³/mol. The van der Waals surface area contributed by atoms with Gasteiger partial charge in [0, 0.05) is 0 Å². The number of nitrogens with two attached hydrogens (primary N) is 2. The van der Waals surface area contributed by atoms with Crippen LogP contribution in [0.25, 0.3) is 0 Å². The molecule has 0 aromatic carbocycles. The number of hydrogen-bond acceptors (Lipinski definition) is 2. The van der Waals surface area contributed by atoms with E-state index in [1.54, 1.807) is 0 Å². The van der Waals surface area contributed by atoms with Gasteiger partial charge < -0.3 is 1.43 Å². The normalized spacial score (nSPS) is 9.29. The Morgan fingerprint density at radius 1 is 0.857 bits per heavy atom. The van der Waals surface area contributed by atoms with E-state index in [1.807, 2.05) is 0 Å². The Balaban J connectivity index is -0.0000000315. The Hall–Kier alpha value is 0.0474. The molecule has 0 aromatic rings. The Kier molecular flexibility index (Phi) is 22.1. The molecule has 0 saturated carbocycles. The van der Waals surface area contributed by atoms with Crippen LogP contribution in [-0.4, -0.2) is 21.8 Å². The van der Waals surface area contributed by atoms with Gasteiger partial charge in [0.1, 0.15) is 0 Å². The Morgan fingerprint density at radius 3 is 0.857 bits per heavy atom. The van der Waals surface area contributed by atoms with Gasteiger partial charge in [-0.3, -0.25) is 0 Å². The van der Waals surface area contributed by atoms with Gasteiger partial charge in [-0.2, -0.15) is 34.8 Å². The summed E-state index contributed by atoms with van der Waals surface area (Å²) in [7, 11) is -3.67. The fourth-order valence-electron chi connectivity index (χ4n) is 0. The van der Waals surface area contributed by atoms with E-state index in [4.69, 9.17) is 0 Å². The number of alkyl halides is 6. The minimum absolute atomic E-state index is 0. The van der Waals surface area contributed by atoms with Crippen LogP contribution in [0.15, 0.2) is 0 Å². The van der Waals surface area contributed by atoms with Gasteiger partial charge in [-0.25, -0.2) is 10.3 Å². The average molecular weight is 244 g/mol. The van der Waals surface area contributed by atoms with Crippen LogP contribution < -0.4 is 29.1 Å². The van der Waals surface area contributed by atoms with E-state index in [-0.39, 0.29) is 20.3 Å². The van der Waals surface area contributed by atoms with Gasteiger partial charge in [-0.05, 0) is 0 Å². The first-order chi connectivity index (χ1) is 5.46. The molecule has 4 nitrogen and oxygen atoms in total. The Bertz CT molecular complexity index is 172. The summed E-state index contributed by atoms with van der Waals surface area (Å²) in [4.78, 5) is 0. The first-order valence-corrected chi connectivity index (χ1v) is 3.72. The molecule has 0 aromatic heterocycles. The molecule has 0 fully saturated rings. The van der Waals surface area contributed by atoms with Crippen LogP contribution in [0.3, 0.4) is 0 Å². The quantitative estimate of drug-likeness (QED) is 0.368. The second kappa shape index (κ2) is 13.0. The molecule has 4 N–H and O–H groups in total. The fraction of sp³-hybridized carbons (Fsp3) is 1.00. The zero-order valence-electron chi connectivity index (χ0n) is 7.80. The molecule has 0 heterocycles. The molecule has 86 valence electrons. The molecule has 12 heteroatoms.